The van der Waals surface area contributed by atoms with Crippen molar-refractivity contribution in [1.82, 2.24) is 0 Å². The quantitative estimate of drug-likeness (QED) is 0.0269. The van der Waals surface area contributed by atoms with E-state index in [9.17, 15) is 14.4 Å². The van der Waals surface area contributed by atoms with E-state index >= 15 is 0 Å². The second-order valence-corrected chi connectivity index (χ2v) is 14.9. The summed E-state index contributed by atoms with van der Waals surface area (Å²) in [5.41, 5.74) is 0. The zero-order valence-corrected chi connectivity index (χ0v) is 35.0. The molecule has 0 saturated carbocycles. The van der Waals surface area contributed by atoms with Gasteiger partial charge in [0.1, 0.15) is 13.2 Å². The van der Waals surface area contributed by atoms with Gasteiger partial charge >= 0.3 is 17.9 Å². The van der Waals surface area contributed by atoms with E-state index in [1.54, 1.807) is 0 Å². The molecule has 0 aliphatic carbocycles. The van der Waals surface area contributed by atoms with Gasteiger partial charge < -0.3 is 14.2 Å². The summed E-state index contributed by atoms with van der Waals surface area (Å²) in [5.74, 6) is -0.913. The van der Waals surface area contributed by atoms with Crippen LogP contribution in [0.2, 0.25) is 0 Å². The van der Waals surface area contributed by atoms with Crippen molar-refractivity contribution in [2.45, 2.75) is 232 Å². The van der Waals surface area contributed by atoms with Crippen molar-refractivity contribution in [1.29, 1.82) is 0 Å². The van der Waals surface area contributed by atoms with Crippen LogP contribution < -0.4 is 0 Å². The van der Waals surface area contributed by atoms with E-state index in [0.29, 0.717) is 19.3 Å². The second-order valence-electron chi connectivity index (χ2n) is 14.9. The molecule has 0 aromatic heterocycles. The van der Waals surface area contributed by atoms with Gasteiger partial charge in [0.2, 0.25) is 0 Å². The third kappa shape index (κ3) is 40.6. The summed E-state index contributed by atoms with van der Waals surface area (Å²) < 4.78 is 16.6. The molecule has 0 aliphatic heterocycles. The van der Waals surface area contributed by atoms with Crippen LogP contribution in [0.15, 0.2) is 36.5 Å². The Morgan fingerprint density at radius 2 is 0.660 bits per heavy atom. The number of unbranched alkanes of at least 4 members (excludes halogenated alkanes) is 23. The minimum Gasteiger partial charge on any atom is -0.462 e. The summed E-state index contributed by atoms with van der Waals surface area (Å²) in [6.07, 6.45) is 47.0. The zero-order valence-electron chi connectivity index (χ0n) is 35.0. The maximum absolute atomic E-state index is 12.7. The number of hydrogen-bond donors (Lipinski definition) is 0. The first-order chi connectivity index (χ1) is 26.0. The summed E-state index contributed by atoms with van der Waals surface area (Å²) in [4.78, 5) is 37.6. The molecule has 0 spiro atoms. The number of allylic oxidation sites excluding steroid dienone is 6. The van der Waals surface area contributed by atoms with E-state index in [2.05, 4.69) is 57.2 Å². The molecule has 6 nitrogen and oxygen atoms in total. The highest BCUT2D eigenvalue weighted by atomic mass is 16.6. The molecule has 0 bridgehead atoms. The predicted molar refractivity (Wildman–Crippen MR) is 224 cm³/mol. The van der Waals surface area contributed by atoms with E-state index in [1.807, 2.05) is 0 Å². The summed E-state index contributed by atoms with van der Waals surface area (Å²) in [5, 5.41) is 0. The van der Waals surface area contributed by atoms with Crippen LogP contribution in [0.1, 0.15) is 226 Å². The van der Waals surface area contributed by atoms with Gasteiger partial charge in [-0.15, -0.1) is 0 Å². The fraction of sp³-hybridized carbons (Fsp3) is 0.809. The van der Waals surface area contributed by atoms with Crippen LogP contribution >= 0.6 is 0 Å². The molecule has 0 fully saturated rings. The Morgan fingerprint density at radius 3 is 1.02 bits per heavy atom. The van der Waals surface area contributed by atoms with Crippen LogP contribution in [0, 0.1) is 0 Å². The van der Waals surface area contributed by atoms with Crippen LogP contribution in [0.25, 0.3) is 0 Å². The van der Waals surface area contributed by atoms with Crippen molar-refractivity contribution < 1.29 is 28.6 Å². The first-order valence-electron chi connectivity index (χ1n) is 22.5. The lowest BCUT2D eigenvalue weighted by Crippen LogP contribution is -2.30. The van der Waals surface area contributed by atoms with E-state index in [-0.39, 0.29) is 31.1 Å². The first kappa shape index (κ1) is 50.6. The van der Waals surface area contributed by atoms with Gasteiger partial charge in [0.15, 0.2) is 6.10 Å². The zero-order chi connectivity index (χ0) is 38.7. The lowest BCUT2D eigenvalue weighted by molar-refractivity contribution is -0.167. The average Bonchev–Trinajstić information content (AvgIpc) is 3.15. The molecule has 0 aromatic carbocycles. The number of hydrogen-bond acceptors (Lipinski definition) is 6. The van der Waals surface area contributed by atoms with Crippen molar-refractivity contribution in [3.05, 3.63) is 36.5 Å². The minimum atomic E-state index is -0.778. The standard InChI is InChI=1S/C47H84O6/c1-4-7-10-13-16-19-22-23-24-25-26-29-31-34-37-40-46(49)52-43-44(53-47(50)41-38-35-32-28-21-18-15-12-9-6-3)42-51-45(48)39-36-33-30-27-20-17-14-11-8-5-2/h11-12,14-15,23-24,44H,4-10,13,16-22,25-43H2,1-3H3/b14-11-,15-12-,24-23-. The number of carbonyl (C=O) groups is 3. The smallest absolute Gasteiger partial charge is 0.306 e. The highest BCUT2D eigenvalue weighted by molar-refractivity contribution is 5.71. The molecule has 0 amide bonds. The lowest BCUT2D eigenvalue weighted by atomic mass is 10.1. The van der Waals surface area contributed by atoms with E-state index < -0.39 is 6.10 Å². The van der Waals surface area contributed by atoms with Gasteiger partial charge in [-0.2, -0.15) is 0 Å². The maximum atomic E-state index is 12.7. The molecule has 53 heavy (non-hydrogen) atoms. The van der Waals surface area contributed by atoms with Crippen molar-refractivity contribution in [3.8, 4) is 0 Å². The summed E-state index contributed by atoms with van der Waals surface area (Å²) in [6.45, 7) is 6.48. The molecule has 0 radical (unpaired) electrons. The second kappa shape index (κ2) is 42.4. The van der Waals surface area contributed by atoms with E-state index in [0.717, 1.165) is 96.3 Å². The molecule has 0 saturated heterocycles. The van der Waals surface area contributed by atoms with E-state index in [1.165, 1.54) is 89.9 Å². The Bertz CT molecular complexity index is 907. The van der Waals surface area contributed by atoms with Crippen molar-refractivity contribution in [2.75, 3.05) is 13.2 Å². The molecule has 0 rings (SSSR count). The Balaban J connectivity index is 4.35. The van der Waals surface area contributed by atoms with Crippen LogP contribution in [0.3, 0.4) is 0 Å². The lowest BCUT2D eigenvalue weighted by Gasteiger charge is -2.18. The third-order valence-electron chi connectivity index (χ3n) is 9.55. The van der Waals surface area contributed by atoms with E-state index in [4.69, 9.17) is 14.2 Å². The molecule has 308 valence electrons. The highest BCUT2D eigenvalue weighted by Crippen LogP contribution is 2.13. The summed E-state index contributed by atoms with van der Waals surface area (Å²) >= 11 is 0. The Hall–Kier alpha value is -2.37. The third-order valence-corrected chi connectivity index (χ3v) is 9.55. The SMILES string of the molecule is CCC/C=C\CCCCCCCC(=O)OCC(COC(=O)CCCCCCC/C=C\CCCCCCCC)OC(=O)CCCCCCC/C=C\CCC. The molecule has 0 heterocycles. The largest absolute Gasteiger partial charge is 0.462 e. The number of rotatable bonds is 40. The van der Waals surface area contributed by atoms with Crippen LogP contribution in [-0.4, -0.2) is 37.2 Å². The molecular weight excluding hydrogens is 661 g/mol. The topological polar surface area (TPSA) is 78.9 Å². The average molecular weight is 745 g/mol. The Labute approximate surface area is 327 Å². The summed E-state index contributed by atoms with van der Waals surface area (Å²) in [6, 6.07) is 0. The number of carbonyl (C=O) groups excluding carboxylic acids is 3. The van der Waals surface area contributed by atoms with Gasteiger partial charge in [-0.25, -0.2) is 0 Å². The fourth-order valence-electron chi connectivity index (χ4n) is 6.15. The van der Waals surface area contributed by atoms with Crippen LogP contribution in [0.5, 0.6) is 0 Å². The first-order valence-corrected chi connectivity index (χ1v) is 22.5. The number of esters is 3. The van der Waals surface area contributed by atoms with Crippen LogP contribution in [-0.2, 0) is 28.6 Å². The Morgan fingerprint density at radius 1 is 0.358 bits per heavy atom. The molecule has 6 heteroatoms. The normalized spacial score (nSPS) is 12.3. The molecule has 0 aromatic rings. The molecule has 1 unspecified atom stereocenters. The molecule has 0 aliphatic rings. The molecule has 0 N–H and O–H groups in total. The van der Waals surface area contributed by atoms with Crippen molar-refractivity contribution in [3.63, 3.8) is 0 Å². The van der Waals surface area contributed by atoms with Gasteiger partial charge in [-0.1, -0.05) is 160 Å². The molecule has 1 atom stereocenters. The van der Waals surface area contributed by atoms with Gasteiger partial charge in [0.25, 0.3) is 0 Å². The number of ether oxygens (including phenoxy) is 3. The molecular formula is C47H84O6. The summed E-state index contributed by atoms with van der Waals surface area (Å²) in [7, 11) is 0. The van der Waals surface area contributed by atoms with Gasteiger partial charge in [0, 0.05) is 19.3 Å². The van der Waals surface area contributed by atoms with Crippen LogP contribution in [0.4, 0.5) is 0 Å². The van der Waals surface area contributed by atoms with Crippen molar-refractivity contribution in [2.24, 2.45) is 0 Å². The Kier molecular flexibility index (Phi) is 40.5. The van der Waals surface area contributed by atoms with Crippen molar-refractivity contribution >= 4 is 17.9 Å². The minimum absolute atomic E-state index is 0.0822. The van der Waals surface area contributed by atoms with Gasteiger partial charge in [-0.05, 0) is 83.5 Å². The maximum Gasteiger partial charge on any atom is 0.306 e. The highest BCUT2D eigenvalue weighted by Gasteiger charge is 2.19. The van der Waals surface area contributed by atoms with Gasteiger partial charge in [0.05, 0.1) is 0 Å². The fourth-order valence-corrected chi connectivity index (χ4v) is 6.15. The monoisotopic (exact) mass is 745 g/mol. The van der Waals surface area contributed by atoms with Gasteiger partial charge in [-0.3, -0.25) is 14.4 Å². The predicted octanol–water partition coefficient (Wildman–Crippen LogP) is 14.2.